The summed E-state index contributed by atoms with van der Waals surface area (Å²) in [4.78, 5) is 25.4. The Hall–Kier alpha value is -13.6. The molecule has 4 heterocycles. The van der Waals surface area contributed by atoms with Gasteiger partial charge in [-0.1, -0.05) is 317 Å². The van der Waals surface area contributed by atoms with Crippen LogP contribution >= 0.6 is 11.3 Å². The van der Waals surface area contributed by atoms with E-state index in [9.17, 15) is 0 Å². The summed E-state index contributed by atoms with van der Waals surface area (Å²) >= 11 is 1.82. The van der Waals surface area contributed by atoms with Crippen LogP contribution in [-0.2, 0) is 5.41 Å². The standard InChI is InChI=1S/C53H36N2S.C47H29N3O/c1-53(2)45-19-11-9-17-41(45)42-26-25-37(31-46(42)53)36-23-21-33-22-24-38(30-39(33)29-36)40-27-28-44(51-50(40)43-18-10-12-20-49(43)56-51)52-54-47(34-13-5-3-6-14-34)32-48(55-52)35-15-7-4-8-16-35;1-3-12-33(13-4-1)45-48-46(34-14-5-2-6-15-34)50-47(49-45)41-28-27-39(43-40-17-9-10-18-42(40)51-44(41)43)32-21-19-30(20-22-32)35-25-26-38-36(29-35)24-23-31-11-7-8-16-37(31)38/h3-32H,1-2H3;1-29H. The minimum Gasteiger partial charge on any atom is -0.455 e. The maximum atomic E-state index is 6.66. The van der Waals surface area contributed by atoms with Crippen molar-refractivity contribution in [2.75, 3.05) is 0 Å². The van der Waals surface area contributed by atoms with Gasteiger partial charge in [0.25, 0.3) is 0 Å². The van der Waals surface area contributed by atoms with Crippen LogP contribution < -0.4 is 0 Å². The van der Waals surface area contributed by atoms with Crippen LogP contribution in [0.4, 0.5) is 0 Å². The van der Waals surface area contributed by atoms with Crippen LogP contribution in [0.5, 0.6) is 0 Å². The predicted molar refractivity (Wildman–Crippen MR) is 446 cm³/mol. The van der Waals surface area contributed by atoms with Gasteiger partial charge in [0.05, 0.1) is 17.0 Å². The van der Waals surface area contributed by atoms with Gasteiger partial charge in [-0.3, -0.25) is 0 Å². The third-order valence-corrected chi connectivity index (χ3v) is 22.6. The van der Waals surface area contributed by atoms with Crippen LogP contribution in [0.25, 0.3) is 198 Å². The number of furan rings is 1. The first kappa shape index (κ1) is 63.1. The molecule has 16 aromatic carbocycles. The molecule has 0 fully saturated rings. The van der Waals surface area contributed by atoms with Crippen molar-refractivity contribution in [3.05, 3.63) is 369 Å². The van der Waals surface area contributed by atoms with E-state index in [1.165, 1.54) is 108 Å². The van der Waals surface area contributed by atoms with E-state index in [-0.39, 0.29) is 5.41 Å². The van der Waals surface area contributed by atoms with Crippen molar-refractivity contribution in [2.45, 2.75) is 19.3 Å². The molecule has 20 aromatic rings. The molecule has 0 saturated heterocycles. The van der Waals surface area contributed by atoms with Gasteiger partial charge in [-0.25, -0.2) is 24.9 Å². The van der Waals surface area contributed by atoms with E-state index in [1.807, 2.05) is 96.3 Å². The van der Waals surface area contributed by atoms with Crippen molar-refractivity contribution < 1.29 is 4.42 Å². The molecule has 0 radical (unpaired) electrons. The molecule has 0 unspecified atom stereocenters. The summed E-state index contributed by atoms with van der Waals surface area (Å²) in [7, 11) is 0. The number of hydrogen-bond acceptors (Lipinski definition) is 7. The summed E-state index contributed by atoms with van der Waals surface area (Å²) < 4.78 is 9.11. The Morgan fingerprint density at radius 3 is 1.43 bits per heavy atom. The third kappa shape index (κ3) is 11.2. The molecule has 4 aromatic heterocycles. The summed E-state index contributed by atoms with van der Waals surface area (Å²) in [6.07, 6.45) is 0. The van der Waals surface area contributed by atoms with Crippen LogP contribution in [0.3, 0.4) is 0 Å². The Kier molecular flexibility index (Phi) is 15.3. The van der Waals surface area contributed by atoms with Crippen molar-refractivity contribution in [1.29, 1.82) is 0 Å². The lowest BCUT2D eigenvalue weighted by atomic mass is 9.81. The highest BCUT2D eigenvalue weighted by atomic mass is 32.1. The summed E-state index contributed by atoms with van der Waals surface area (Å²) in [5.74, 6) is 2.53. The van der Waals surface area contributed by atoms with E-state index in [2.05, 4.69) is 287 Å². The topological polar surface area (TPSA) is 77.6 Å². The van der Waals surface area contributed by atoms with Crippen molar-refractivity contribution >= 4 is 85.8 Å². The van der Waals surface area contributed by atoms with E-state index in [0.717, 1.165) is 83.7 Å². The average molecular weight is 1380 g/mol. The van der Waals surface area contributed by atoms with E-state index in [1.54, 1.807) is 0 Å². The largest absolute Gasteiger partial charge is 0.455 e. The van der Waals surface area contributed by atoms with Crippen molar-refractivity contribution in [3.63, 3.8) is 0 Å². The molecule has 107 heavy (non-hydrogen) atoms. The minimum atomic E-state index is -0.0379. The van der Waals surface area contributed by atoms with Crippen molar-refractivity contribution in [1.82, 2.24) is 24.9 Å². The van der Waals surface area contributed by atoms with Crippen LogP contribution in [-0.4, -0.2) is 24.9 Å². The van der Waals surface area contributed by atoms with Gasteiger partial charge < -0.3 is 4.42 Å². The van der Waals surface area contributed by atoms with E-state index in [4.69, 9.17) is 29.3 Å². The number of para-hydroxylation sites is 1. The Bertz CT molecular complexity index is 6770. The molecule has 7 heteroatoms. The number of hydrogen-bond donors (Lipinski definition) is 0. The lowest BCUT2D eigenvalue weighted by Crippen LogP contribution is -2.14. The fraction of sp³-hybridized carbons (Fsp3) is 0.0300. The number of rotatable bonds is 10. The van der Waals surface area contributed by atoms with Gasteiger partial charge >= 0.3 is 0 Å². The average Bonchev–Trinajstić information content (AvgIpc) is 1.56. The Morgan fingerprint density at radius 1 is 0.252 bits per heavy atom. The number of nitrogens with zero attached hydrogens (tertiary/aromatic N) is 5. The first-order valence-corrected chi connectivity index (χ1v) is 37.2. The van der Waals surface area contributed by atoms with Gasteiger partial charge in [-0.2, -0.15) is 0 Å². The zero-order valence-corrected chi connectivity index (χ0v) is 59.4. The fourth-order valence-electron chi connectivity index (χ4n) is 16.0. The van der Waals surface area contributed by atoms with Gasteiger partial charge in [0.2, 0.25) is 0 Å². The molecule has 0 N–H and O–H groups in total. The molecule has 21 rings (SSSR count). The van der Waals surface area contributed by atoms with Crippen LogP contribution in [0, 0.1) is 0 Å². The SMILES string of the molecule is CC1(C)c2ccccc2-c2ccc(-c3ccc4ccc(-c5ccc(-c6nc(-c7ccccc7)cc(-c7ccccc7)n6)c6sc7ccccc7c56)cc4c3)cc21.c1ccc(-c2nc(-c3ccccc3)nc(-c3ccc(-c4ccc(-c5ccc6c(ccc7ccccc76)c5)cc4)c4c3oc3ccccc34)n2)cc1. The lowest BCUT2D eigenvalue weighted by molar-refractivity contribution is 0.660. The van der Waals surface area contributed by atoms with Gasteiger partial charge in [0.1, 0.15) is 11.2 Å². The molecular formula is C100H65N5OS. The Balaban J connectivity index is 0.000000142. The van der Waals surface area contributed by atoms with Crippen LogP contribution in [0.1, 0.15) is 25.0 Å². The Labute approximate surface area is 623 Å². The maximum absolute atomic E-state index is 6.66. The van der Waals surface area contributed by atoms with Crippen LogP contribution in [0.15, 0.2) is 362 Å². The smallest absolute Gasteiger partial charge is 0.167 e. The normalized spacial score (nSPS) is 12.3. The number of thiophene rings is 1. The summed E-state index contributed by atoms with van der Waals surface area (Å²) in [5.41, 5.74) is 24.2. The molecule has 0 bridgehead atoms. The quantitative estimate of drug-likeness (QED) is 0.127. The molecular weight excluding hydrogens is 1320 g/mol. The second-order valence-corrected chi connectivity index (χ2v) is 29.2. The van der Waals surface area contributed by atoms with Gasteiger partial charge in [-0.05, 0) is 154 Å². The van der Waals surface area contributed by atoms with E-state index >= 15 is 0 Å². The van der Waals surface area contributed by atoms with Gasteiger partial charge in [0.15, 0.2) is 23.3 Å². The zero-order chi connectivity index (χ0) is 71.1. The molecule has 1 aliphatic rings. The van der Waals surface area contributed by atoms with E-state index in [0.29, 0.717) is 17.5 Å². The number of aromatic nitrogens is 5. The minimum absolute atomic E-state index is 0.0379. The molecule has 0 spiro atoms. The number of fused-ring (bicyclic) bond motifs is 13. The van der Waals surface area contributed by atoms with Gasteiger partial charge in [-0.15, -0.1) is 11.3 Å². The molecule has 502 valence electrons. The van der Waals surface area contributed by atoms with Gasteiger partial charge in [0, 0.05) is 64.2 Å². The second-order valence-electron chi connectivity index (χ2n) is 28.2. The molecule has 0 aliphatic heterocycles. The summed E-state index contributed by atoms with van der Waals surface area (Å²) in [6, 6.07) is 127. The zero-order valence-electron chi connectivity index (χ0n) is 58.6. The van der Waals surface area contributed by atoms with Crippen LogP contribution in [0.2, 0.25) is 0 Å². The number of benzene rings is 16. The Morgan fingerprint density at radius 2 is 0.710 bits per heavy atom. The molecule has 6 nitrogen and oxygen atoms in total. The first-order chi connectivity index (χ1) is 52.8. The predicted octanol–water partition coefficient (Wildman–Crippen LogP) is 27.1. The molecule has 0 saturated carbocycles. The second kappa shape index (κ2) is 26.0. The first-order valence-electron chi connectivity index (χ1n) is 36.3. The maximum Gasteiger partial charge on any atom is 0.167 e. The van der Waals surface area contributed by atoms with Crippen molar-refractivity contribution in [3.8, 4) is 124 Å². The lowest BCUT2D eigenvalue weighted by Gasteiger charge is -2.22. The highest BCUT2D eigenvalue weighted by Crippen LogP contribution is 2.51. The monoisotopic (exact) mass is 1380 g/mol. The van der Waals surface area contributed by atoms with E-state index < -0.39 is 0 Å². The highest BCUT2D eigenvalue weighted by Gasteiger charge is 2.35. The fourth-order valence-corrected chi connectivity index (χ4v) is 17.3. The summed E-state index contributed by atoms with van der Waals surface area (Å²) in [5, 5.41) is 12.1. The molecule has 0 amide bonds. The molecule has 0 atom stereocenters. The third-order valence-electron chi connectivity index (χ3n) is 21.4. The molecule has 1 aliphatic carbocycles. The van der Waals surface area contributed by atoms with Crippen molar-refractivity contribution in [2.24, 2.45) is 0 Å². The summed E-state index contributed by atoms with van der Waals surface area (Å²) in [6.45, 7) is 4.70. The highest BCUT2D eigenvalue weighted by molar-refractivity contribution is 7.26.